The number of hydrogen-bond donors (Lipinski definition) is 1. The van der Waals surface area contributed by atoms with Crippen LogP contribution in [0.3, 0.4) is 0 Å². The SMILES string of the molecule is CCCCCCCCCCCCCCOC(=O)CC(C)NC(=O)OCCCCCC. The molecule has 0 heterocycles. The van der Waals surface area contributed by atoms with Crippen LogP contribution in [0.1, 0.15) is 130 Å². The van der Waals surface area contributed by atoms with Gasteiger partial charge in [0.05, 0.1) is 19.6 Å². The van der Waals surface area contributed by atoms with Gasteiger partial charge in [0.2, 0.25) is 0 Å². The lowest BCUT2D eigenvalue weighted by molar-refractivity contribution is -0.144. The summed E-state index contributed by atoms with van der Waals surface area (Å²) in [6.45, 7) is 7.11. The number of alkyl carbamates (subject to hydrolysis) is 1. The van der Waals surface area contributed by atoms with Crippen molar-refractivity contribution in [1.29, 1.82) is 0 Å². The van der Waals surface area contributed by atoms with Crippen LogP contribution < -0.4 is 5.32 Å². The van der Waals surface area contributed by atoms with Crippen LogP contribution in [-0.4, -0.2) is 31.3 Å². The smallest absolute Gasteiger partial charge is 0.407 e. The van der Waals surface area contributed by atoms with Crippen molar-refractivity contribution in [3.63, 3.8) is 0 Å². The molecule has 0 aliphatic rings. The average Bonchev–Trinajstić information content (AvgIpc) is 2.71. The summed E-state index contributed by atoms with van der Waals surface area (Å²) in [6, 6.07) is -0.275. The molecule has 0 spiro atoms. The third kappa shape index (κ3) is 21.4. The lowest BCUT2D eigenvalue weighted by atomic mass is 10.1. The van der Waals surface area contributed by atoms with Crippen LogP contribution in [0, 0.1) is 0 Å². The highest BCUT2D eigenvalue weighted by atomic mass is 16.5. The maximum atomic E-state index is 11.9. The van der Waals surface area contributed by atoms with E-state index in [2.05, 4.69) is 19.2 Å². The highest BCUT2D eigenvalue weighted by Crippen LogP contribution is 2.12. The molecular formula is C25H49NO4. The molecule has 1 unspecified atom stereocenters. The minimum Gasteiger partial charge on any atom is -0.466 e. The van der Waals surface area contributed by atoms with Gasteiger partial charge in [-0.05, 0) is 19.8 Å². The molecule has 0 aromatic carbocycles. The number of amides is 1. The van der Waals surface area contributed by atoms with Gasteiger partial charge in [0.15, 0.2) is 0 Å². The predicted octanol–water partition coefficient (Wildman–Crippen LogP) is 7.32. The van der Waals surface area contributed by atoms with Crippen LogP contribution in [0.25, 0.3) is 0 Å². The minimum atomic E-state index is -0.451. The highest BCUT2D eigenvalue weighted by molar-refractivity contribution is 5.72. The average molecular weight is 428 g/mol. The molecule has 0 aliphatic carbocycles. The van der Waals surface area contributed by atoms with Crippen molar-refractivity contribution in [2.24, 2.45) is 0 Å². The Morgan fingerprint density at radius 2 is 1.03 bits per heavy atom. The molecule has 0 rings (SSSR count). The van der Waals surface area contributed by atoms with Gasteiger partial charge in [0.1, 0.15) is 0 Å². The highest BCUT2D eigenvalue weighted by Gasteiger charge is 2.13. The summed E-state index contributed by atoms with van der Waals surface area (Å²) in [7, 11) is 0. The fraction of sp³-hybridized carbons (Fsp3) is 0.920. The van der Waals surface area contributed by atoms with E-state index in [0.29, 0.717) is 13.2 Å². The molecule has 1 N–H and O–H groups in total. The number of carbonyl (C=O) groups excluding carboxylic acids is 2. The number of ether oxygens (including phenoxy) is 2. The summed E-state index contributed by atoms with van der Waals surface area (Å²) in [5.41, 5.74) is 0. The van der Waals surface area contributed by atoms with E-state index >= 15 is 0 Å². The lowest BCUT2D eigenvalue weighted by Crippen LogP contribution is -2.35. The number of unbranched alkanes of at least 4 members (excludes halogenated alkanes) is 14. The number of carbonyl (C=O) groups is 2. The summed E-state index contributed by atoms with van der Waals surface area (Å²) < 4.78 is 10.4. The molecule has 0 radical (unpaired) electrons. The quantitative estimate of drug-likeness (QED) is 0.154. The van der Waals surface area contributed by atoms with Crippen molar-refractivity contribution in [1.82, 2.24) is 5.32 Å². The van der Waals surface area contributed by atoms with E-state index in [4.69, 9.17) is 9.47 Å². The number of hydrogen-bond acceptors (Lipinski definition) is 4. The molecule has 0 aromatic rings. The van der Waals surface area contributed by atoms with Crippen molar-refractivity contribution in [2.75, 3.05) is 13.2 Å². The third-order valence-corrected chi connectivity index (χ3v) is 5.33. The first-order valence-corrected chi connectivity index (χ1v) is 12.7. The van der Waals surface area contributed by atoms with Crippen molar-refractivity contribution in [2.45, 2.75) is 136 Å². The zero-order chi connectivity index (χ0) is 22.3. The minimum absolute atomic E-state index is 0.184. The van der Waals surface area contributed by atoms with E-state index in [1.165, 1.54) is 64.2 Å². The Hall–Kier alpha value is -1.26. The van der Waals surface area contributed by atoms with Gasteiger partial charge in [0.25, 0.3) is 0 Å². The number of esters is 1. The summed E-state index contributed by atoms with van der Waals surface area (Å²) in [5, 5.41) is 2.69. The monoisotopic (exact) mass is 427 g/mol. The molecule has 0 saturated carbocycles. The van der Waals surface area contributed by atoms with Crippen LogP contribution in [0.4, 0.5) is 4.79 Å². The van der Waals surface area contributed by atoms with Gasteiger partial charge in [0, 0.05) is 6.04 Å². The topological polar surface area (TPSA) is 64.6 Å². The molecule has 1 atom stereocenters. The van der Waals surface area contributed by atoms with Gasteiger partial charge in [-0.3, -0.25) is 4.79 Å². The molecule has 5 nitrogen and oxygen atoms in total. The van der Waals surface area contributed by atoms with Gasteiger partial charge in [-0.15, -0.1) is 0 Å². The Labute approximate surface area is 186 Å². The maximum absolute atomic E-state index is 11.9. The van der Waals surface area contributed by atoms with E-state index in [-0.39, 0.29) is 18.4 Å². The Morgan fingerprint density at radius 3 is 1.53 bits per heavy atom. The molecule has 30 heavy (non-hydrogen) atoms. The summed E-state index contributed by atoms with van der Waals surface area (Å²) in [5.74, 6) is -0.256. The Kier molecular flexibility index (Phi) is 21.5. The van der Waals surface area contributed by atoms with Crippen LogP contribution in [0.2, 0.25) is 0 Å². The first kappa shape index (κ1) is 28.7. The second kappa shape index (κ2) is 22.4. The predicted molar refractivity (Wildman–Crippen MR) is 125 cm³/mol. The lowest BCUT2D eigenvalue weighted by Gasteiger charge is -2.13. The standard InChI is InChI=1S/C25H49NO4/c1-4-6-8-10-11-12-13-14-15-16-17-19-20-29-24(27)22-23(3)26-25(28)30-21-18-9-7-5-2/h23H,4-22H2,1-3H3,(H,26,28). The first-order valence-electron chi connectivity index (χ1n) is 12.7. The Bertz CT molecular complexity index is 401. The molecule has 1 amide bonds. The van der Waals surface area contributed by atoms with E-state index in [9.17, 15) is 9.59 Å². The van der Waals surface area contributed by atoms with E-state index < -0.39 is 6.09 Å². The van der Waals surface area contributed by atoms with Crippen molar-refractivity contribution < 1.29 is 19.1 Å². The summed E-state index contributed by atoms with van der Waals surface area (Å²) in [4.78, 5) is 23.5. The fourth-order valence-corrected chi connectivity index (χ4v) is 3.43. The Balaban J connectivity index is 3.42. The molecule has 0 aliphatic heterocycles. The summed E-state index contributed by atoms with van der Waals surface area (Å²) >= 11 is 0. The van der Waals surface area contributed by atoms with Gasteiger partial charge >= 0.3 is 12.1 Å². The second-order valence-electron chi connectivity index (χ2n) is 8.56. The molecule has 5 heteroatoms. The van der Waals surface area contributed by atoms with Crippen LogP contribution in [0.15, 0.2) is 0 Å². The molecule has 0 aromatic heterocycles. The number of rotatable bonds is 21. The third-order valence-electron chi connectivity index (χ3n) is 5.33. The van der Waals surface area contributed by atoms with Crippen molar-refractivity contribution in [3.05, 3.63) is 0 Å². The fourth-order valence-electron chi connectivity index (χ4n) is 3.43. The Morgan fingerprint density at radius 1 is 0.633 bits per heavy atom. The molecule has 0 fully saturated rings. The van der Waals surface area contributed by atoms with Gasteiger partial charge in [-0.2, -0.15) is 0 Å². The zero-order valence-corrected chi connectivity index (χ0v) is 20.1. The van der Waals surface area contributed by atoms with Gasteiger partial charge in [-0.1, -0.05) is 104 Å². The van der Waals surface area contributed by atoms with Gasteiger partial charge < -0.3 is 14.8 Å². The maximum Gasteiger partial charge on any atom is 0.407 e. The largest absolute Gasteiger partial charge is 0.466 e. The van der Waals surface area contributed by atoms with E-state index in [1.807, 2.05) is 0 Å². The van der Waals surface area contributed by atoms with Crippen molar-refractivity contribution in [3.8, 4) is 0 Å². The molecule has 0 bridgehead atoms. The van der Waals surface area contributed by atoms with Crippen LogP contribution in [0.5, 0.6) is 0 Å². The van der Waals surface area contributed by atoms with Crippen LogP contribution >= 0.6 is 0 Å². The van der Waals surface area contributed by atoms with Crippen molar-refractivity contribution >= 4 is 12.1 Å². The zero-order valence-electron chi connectivity index (χ0n) is 20.1. The van der Waals surface area contributed by atoms with E-state index in [0.717, 1.165) is 38.5 Å². The van der Waals surface area contributed by atoms with Crippen LogP contribution in [-0.2, 0) is 14.3 Å². The summed E-state index contributed by atoms with van der Waals surface area (Å²) in [6.07, 6.45) is 19.5. The molecule has 178 valence electrons. The second-order valence-corrected chi connectivity index (χ2v) is 8.56. The molecular weight excluding hydrogens is 378 g/mol. The molecule has 0 saturated heterocycles. The van der Waals surface area contributed by atoms with Gasteiger partial charge in [-0.25, -0.2) is 4.79 Å². The first-order chi connectivity index (χ1) is 14.6. The number of nitrogens with one attached hydrogen (secondary N) is 1. The normalized spacial score (nSPS) is 11.8. The van der Waals surface area contributed by atoms with E-state index in [1.54, 1.807) is 6.92 Å².